The predicted molar refractivity (Wildman–Crippen MR) is 185 cm³/mol. The normalized spacial score (nSPS) is 15.3. The standard InChI is InChI=1S/C38H44N4O8/c1-38(2,3)50-37(48)42-22-14-21-30(42)34(45)40-29(23-26-15-8-5-9-16-26)35(46)41(4)31(24-27-17-10-6-11-18-27)33(44)39-25-32(43)49-36(47)28-19-12-7-13-20-28/h5-13,15-20,29-31H,14,21-25H2,1-4H3,(H,39,44)(H,40,45)/t29-,30-,31-/m0/s1. The molecule has 1 heterocycles. The van der Waals surface area contributed by atoms with Gasteiger partial charge in [-0.1, -0.05) is 78.9 Å². The number of likely N-dealkylation sites (tertiary alicyclic amines) is 1. The second-order valence-electron chi connectivity index (χ2n) is 13.1. The van der Waals surface area contributed by atoms with Crippen molar-refractivity contribution in [3.05, 3.63) is 108 Å². The Bertz CT molecular complexity index is 1640. The molecule has 1 aliphatic rings. The summed E-state index contributed by atoms with van der Waals surface area (Å²) in [7, 11) is 1.46. The molecule has 3 aromatic rings. The van der Waals surface area contributed by atoms with Crippen LogP contribution in [0.25, 0.3) is 0 Å². The van der Waals surface area contributed by atoms with Crippen molar-refractivity contribution in [3.63, 3.8) is 0 Å². The Kier molecular flexibility index (Phi) is 12.9. The van der Waals surface area contributed by atoms with Gasteiger partial charge < -0.3 is 25.0 Å². The number of hydrogen-bond acceptors (Lipinski definition) is 8. The molecule has 12 nitrogen and oxygen atoms in total. The Balaban J connectivity index is 1.52. The Labute approximate surface area is 292 Å². The molecular weight excluding hydrogens is 640 g/mol. The van der Waals surface area contributed by atoms with E-state index < -0.39 is 66.0 Å². The van der Waals surface area contributed by atoms with Crippen LogP contribution in [-0.2, 0) is 41.5 Å². The summed E-state index contributed by atoms with van der Waals surface area (Å²) in [5, 5.41) is 5.36. The molecule has 2 N–H and O–H groups in total. The number of benzene rings is 3. The minimum atomic E-state index is -1.11. The summed E-state index contributed by atoms with van der Waals surface area (Å²) in [4.78, 5) is 82.0. The van der Waals surface area contributed by atoms with Crippen molar-refractivity contribution >= 4 is 35.8 Å². The maximum atomic E-state index is 14.3. The zero-order chi connectivity index (χ0) is 36.3. The van der Waals surface area contributed by atoms with E-state index in [1.54, 1.807) is 63.2 Å². The molecule has 3 aromatic carbocycles. The lowest BCUT2D eigenvalue weighted by Crippen LogP contribution is -2.58. The lowest BCUT2D eigenvalue weighted by molar-refractivity contribution is -0.143. The fourth-order valence-corrected chi connectivity index (χ4v) is 5.59. The van der Waals surface area contributed by atoms with Crippen molar-refractivity contribution in [1.82, 2.24) is 20.4 Å². The Morgan fingerprint density at radius 3 is 1.98 bits per heavy atom. The topological polar surface area (TPSA) is 151 Å². The van der Waals surface area contributed by atoms with Crippen LogP contribution in [0.1, 0.15) is 55.1 Å². The highest BCUT2D eigenvalue weighted by molar-refractivity contribution is 5.99. The average molecular weight is 685 g/mol. The molecule has 0 spiro atoms. The van der Waals surface area contributed by atoms with Gasteiger partial charge in [-0.25, -0.2) is 14.4 Å². The maximum Gasteiger partial charge on any atom is 0.410 e. The highest BCUT2D eigenvalue weighted by Gasteiger charge is 2.39. The van der Waals surface area contributed by atoms with Crippen LogP contribution in [0.4, 0.5) is 4.79 Å². The van der Waals surface area contributed by atoms with Crippen LogP contribution >= 0.6 is 0 Å². The Hall–Kier alpha value is -5.52. The third-order valence-electron chi connectivity index (χ3n) is 8.09. The van der Waals surface area contributed by atoms with Crippen LogP contribution < -0.4 is 10.6 Å². The molecule has 0 unspecified atom stereocenters. The summed E-state index contributed by atoms with van der Waals surface area (Å²) in [5.74, 6) is -3.55. The maximum absolute atomic E-state index is 14.3. The smallest absolute Gasteiger partial charge is 0.410 e. The molecule has 50 heavy (non-hydrogen) atoms. The van der Waals surface area contributed by atoms with Crippen LogP contribution in [0.3, 0.4) is 0 Å². The van der Waals surface area contributed by atoms with Crippen molar-refractivity contribution in [2.75, 3.05) is 20.1 Å². The van der Waals surface area contributed by atoms with Gasteiger partial charge in [-0.15, -0.1) is 0 Å². The second-order valence-corrected chi connectivity index (χ2v) is 13.1. The van der Waals surface area contributed by atoms with E-state index in [0.29, 0.717) is 19.4 Å². The molecule has 3 atom stereocenters. The van der Waals surface area contributed by atoms with Gasteiger partial charge in [0, 0.05) is 26.4 Å². The monoisotopic (exact) mass is 684 g/mol. The lowest BCUT2D eigenvalue weighted by Gasteiger charge is -2.32. The summed E-state index contributed by atoms with van der Waals surface area (Å²) >= 11 is 0. The number of nitrogens with zero attached hydrogens (tertiary/aromatic N) is 2. The molecular formula is C38H44N4O8. The Morgan fingerprint density at radius 2 is 1.40 bits per heavy atom. The zero-order valence-corrected chi connectivity index (χ0v) is 28.8. The molecule has 4 amide bonds. The summed E-state index contributed by atoms with van der Waals surface area (Å²) in [5.41, 5.74) is 0.942. The van der Waals surface area contributed by atoms with E-state index >= 15 is 0 Å². The van der Waals surface area contributed by atoms with E-state index in [2.05, 4.69) is 10.6 Å². The first-order valence-electron chi connectivity index (χ1n) is 16.5. The van der Waals surface area contributed by atoms with E-state index in [0.717, 1.165) is 11.1 Å². The number of ether oxygens (including phenoxy) is 2. The van der Waals surface area contributed by atoms with E-state index in [1.165, 1.54) is 29.0 Å². The Morgan fingerprint density at radius 1 is 0.840 bits per heavy atom. The minimum absolute atomic E-state index is 0.0912. The first kappa shape index (κ1) is 37.3. The zero-order valence-electron chi connectivity index (χ0n) is 28.8. The summed E-state index contributed by atoms with van der Waals surface area (Å²) in [6.45, 7) is 4.96. The minimum Gasteiger partial charge on any atom is -0.444 e. The molecule has 1 fully saturated rings. The largest absolute Gasteiger partial charge is 0.444 e. The summed E-state index contributed by atoms with van der Waals surface area (Å²) in [6.07, 6.45) is 0.584. The summed E-state index contributed by atoms with van der Waals surface area (Å²) < 4.78 is 10.4. The molecule has 4 rings (SSSR count). The first-order valence-corrected chi connectivity index (χ1v) is 16.5. The predicted octanol–water partition coefficient (Wildman–Crippen LogP) is 3.68. The van der Waals surface area contributed by atoms with Crippen molar-refractivity contribution < 1.29 is 38.2 Å². The third kappa shape index (κ3) is 10.7. The number of rotatable bonds is 12. The highest BCUT2D eigenvalue weighted by atomic mass is 16.6. The number of likely N-dealkylation sites (N-methyl/N-ethyl adjacent to an activating group) is 1. The van der Waals surface area contributed by atoms with Crippen molar-refractivity contribution in [2.24, 2.45) is 0 Å². The van der Waals surface area contributed by atoms with Crippen molar-refractivity contribution in [3.8, 4) is 0 Å². The average Bonchev–Trinajstić information content (AvgIpc) is 3.60. The van der Waals surface area contributed by atoms with Gasteiger partial charge in [0.05, 0.1) is 5.56 Å². The van der Waals surface area contributed by atoms with Crippen LogP contribution in [0.5, 0.6) is 0 Å². The van der Waals surface area contributed by atoms with Gasteiger partial charge in [0.1, 0.15) is 30.3 Å². The molecule has 0 aliphatic carbocycles. The third-order valence-corrected chi connectivity index (χ3v) is 8.09. The SMILES string of the molecule is CN(C(=O)[C@H](Cc1ccccc1)NC(=O)[C@@H]1CCCN1C(=O)OC(C)(C)C)[C@@H](Cc1ccccc1)C(=O)NCC(=O)OC(=O)c1ccccc1. The molecule has 1 aliphatic heterocycles. The van der Waals surface area contributed by atoms with Crippen LogP contribution in [-0.4, -0.2) is 89.4 Å². The quantitative estimate of drug-likeness (QED) is 0.217. The van der Waals surface area contributed by atoms with Gasteiger partial charge in [0.2, 0.25) is 17.7 Å². The summed E-state index contributed by atoms with van der Waals surface area (Å²) in [6, 6.07) is 23.1. The van der Waals surface area contributed by atoms with Gasteiger partial charge in [-0.3, -0.25) is 19.3 Å². The molecule has 264 valence electrons. The second kappa shape index (κ2) is 17.2. The van der Waals surface area contributed by atoms with E-state index in [-0.39, 0.29) is 18.4 Å². The number of hydrogen-bond donors (Lipinski definition) is 2. The molecule has 0 radical (unpaired) electrons. The molecule has 1 saturated heterocycles. The molecule has 12 heteroatoms. The number of esters is 2. The van der Waals surface area contributed by atoms with Crippen LogP contribution in [0.2, 0.25) is 0 Å². The highest BCUT2D eigenvalue weighted by Crippen LogP contribution is 2.22. The number of nitrogens with one attached hydrogen (secondary N) is 2. The van der Waals surface area contributed by atoms with Crippen LogP contribution in [0.15, 0.2) is 91.0 Å². The van der Waals surface area contributed by atoms with Gasteiger partial charge in [-0.05, 0) is 56.9 Å². The number of carbonyl (C=O) groups excluding carboxylic acids is 6. The first-order chi connectivity index (χ1) is 23.8. The molecule has 0 aromatic heterocycles. The van der Waals surface area contributed by atoms with Crippen molar-refractivity contribution in [1.29, 1.82) is 0 Å². The fourth-order valence-electron chi connectivity index (χ4n) is 5.59. The van der Waals surface area contributed by atoms with Gasteiger partial charge in [0.15, 0.2) is 0 Å². The van der Waals surface area contributed by atoms with Gasteiger partial charge in [0.25, 0.3) is 0 Å². The molecule has 0 saturated carbocycles. The van der Waals surface area contributed by atoms with Crippen molar-refractivity contribution in [2.45, 2.75) is 70.2 Å². The van der Waals surface area contributed by atoms with E-state index in [9.17, 15) is 28.8 Å². The van der Waals surface area contributed by atoms with E-state index in [1.807, 2.05) is 36.4 Å². The van der Waals surface area contributed by atoms with E-state index in [4.69, 9.17) is 9.47 Å². The molecule has 0 bridgehead atoms. The fraction of sp³-hybridized carbons (Fsp3) is 0.368. The van der Waals surface area contributed by atoms with Gasteiger partial charge >= 0.3 is 18.0 Å². The number of carbonyl (C=O) groups is 6. The van der Waals surface area contributed by atoms with Crippen LogP contribution in [0, 0.1) is 0 Å². The number of amides is 4. The lowest BCUT2D eigenvalue weighted by atomic mass is 10.0. The van der Waals surface area contributed by atoms with Gasteiger partial charge in [-0.2, -0.15) is 0 Å².